The summed E-state index contributed by atoms with van der Waals surface area (Å²) in [4.78, 5) is 25.5. The molecule has 6 aromatic rings. The number of rotatable bonds is 8. The van der Waals surface area contributed by atoms with E-state index in [1.54, 1.807) is 36.7 Å². The molecule has 0 atom stereocenters. The predicted molar refractivity (Wildman–Crippen MR) is 171 cm³/mol. The van der Waals surface area contributed by atoms with Crippen molar-refractivity contribution in [3.05, 3.63) is 103 Å². The van der Waals surface area contributed by atoms with Gasteiger partial charge < -0.3 is 30.2 Å². The molecule has 10 nitrogen and oxygen atoms in total. The molecule has 4 heterocycles. The molecule has 12 heteroatoms. The first-order chi connectivity index (χ1) is 22.0. The zero-order chi connectivity index (χ0) is 30.8. The lowest BCUT2D eigenvalue weighted by atomic mass is 10.2. The lowest BCUT2D eigenvalue weighted by Crippen LogP contribution is -2.44. The second-order valence-electron chi connectivity index (χ2n) is 10.7. The summed E-state index contributed by atoms with van der Waals surface area (Å²) in [6.07, 6.45) is 3.35. The summed E-state index contributed by atoms with van der Waals surface area (Å²) in [7, 11) is 2.15. The van der Waals surface area contributed by atoms with Gasteiger partial charge in [-0.05, 0) is 73.8 Å². The molecule has 0 amide bonds. The van der Waals surface area contributed by atoms with Gasteiger partial charge in [0.05, 0.1) is 22.3 Å². The van der Waals surface area contributed by atoms with E-state index in [9.17, 15) is 8.78 Å². The summed E-state index contributed by atoms with van der Waals surface area (Å²) < 4.78 is 33.2. The number of pyridine rings is 1. The van der Waals surface area contributed by atoms with Crippen molar-refractivity contribution in [2.24, 2.45) is 0 Å². The fourth-order valence-corrected chi connectivity index (χ4v) is 5.10. The van der Waals surface area contributed by atoms with Crippen LogP contribution in [0.4, 0.5) is 37.7 Å². The number of anilines is 5. The third kappa shape index (κ3) is 6.36. The number of H-pyrrole nitrogens is 1. The Hall–Kier alpha value is -5.62. The zero-order valence-corrected chi connectivity index (χ0v) is 24.3. The molecular weight excluding hydrogens is 576 g/mol. The number of aromatic nitrogens is 5. The van der Waals surface area contributed by atoms with E-state index in [1.165, 1.54) is 5.69 Å². The Morgan fingerprint density at radius 1 is 0.778 bits per heavy atom. The summed E-state index contributed by atoms with van der Waals surface area (Å²) in [6.45, 7) is 4.14. The molecule has 1 aliphatic rings. The Kier molecular flexibility index (Phi) is 7.62. The van der Waals surface area contributed by atoms with Gasteiger partial charge in [-0.2, -0.15) is 0 Å². The molecule has 3 aromatic heterocycles. The average Bonchev–Trinajstić information content (AvgIpc) is 3.44. The molecule has 1 saturated heterocycles. The molecule has 0 aliphatic carbocycles. The van der Waals surface area contributed by atoms with Gasteiger partial charge in [0.1, 0.15) is 5.75 Å². The van der Waals surface area contributed by atoms with Gasteiger partial charge in [0.2, 0.25) is 17.8 Å². The normalized spacial score (nSPS) is 13.6. The van der Waals surface area contributed by atoms with Crippen molar-refractivity contribution in [1.29, 1.82) is 0 Å². The Bertz CT molecular complexity index is 1900. The largest absolute Gasteiger partial charge is 0.438 e. The summed E-state index contributed by atoms with van der Waals surface area (Å²) in [6, 6.07) is 23.1. The topological polar surface area (TPSA) is 107 Å². The van der Waals surface area contributed by atoms with Crippen LogP contribution in [0.15, 0.2) is 91.3 Å². The minimum absolute atomic E-state index is 0.321. The molecular formula is C33H29F2N9O. The van der Waals surface area contributed by atoms with Gasteiger partial charge in [-0.25, -0.2) is 28.7 Å². The first kappa shape index (κ1) is 28.2. The summed E-state index contributed by atoms with van der Waals surface area (Å²) in [5.74, 6) is -0.121. The molecule has 1 fully saturated rings. The lowest BCUT2D eigenvalue weighted by Gasteiger charge is -2.34. The van der Waals surface area contributed by atoms with E-state index in [4.69, 9.17) is 9.72 Å². The van der Waals surface area contributed by atoms with Gasteiger partial charge >= 0.3 is 0 Å². The van der Waals surface area contributed by atoms with E-state index in [1.807, 2.05) is 30.3 Å². The number of imidazole rings is 1. The summed E-state index contributed by atoms with van der Waals surface area (Å²) in [5, 5.41) is 6.40. The van der Waals surface area contributed by atoms with Crippen LogP contribution in [0.5, 0.6) is 11.6 Å². The van der Waals surface area contributed by atoms with Crippen LogP contribution in [0, 0.1) is 11.6 Å². The first-order valence-electron chi connectivity index (χ1n) is 14.5. The maximum atomic E-state index is 13.6. The molecule has 0 unspecified atom stereocenters. The number of hydrogen-bond donors (Lipinski definition) is 3. The molecule has 45 heavy (non-hydrogen) atoms. The molecule has 0 radical (unpaired) electrons. The number of benzene rings is 3. The molecule has 3 N–H and O–H groups in total. The third-order valence-electron chi connectivity index (χ3n) is 7.55. The fourth-order valence-electron chi connectivity index (χ4n) is 5.10. The SMILES string of the molecule is CN1CCN(c2ccc(Nc3nccc(-c4cccnc4Oc4ccc(Nc5nc6cc(F)c(F)cc6[nH]5)cc4)n3)cc2)CC1. The highest BCUT2D eigenvalue weighted by atomic mass is 19.2. The minimum Gasteiger partial charge on any atom is -0.438 e. The lowest BCUT2D eigenvalue weighted by molar-refractivity contribution is 0.313. The Labute approximate surface area is 257 Å². The van der Waals surface area contributed by atoms with Crippen LogP contribution in [0.1, 0.15) is 0 Å². The quantitative estimate of drug-likeness (QED) is 0.174. The summed E-state index contributed by atoms with van der Waals surface area (Å²) >= 11 is 0. The van der Waals surface area contributed by atoms with Crippen LogP contribution in [0.25, 0.3) is 22.3 Å². The fraction of sp³-hybridized carbons (Fsp3) is 0.152. The molecule has 3 aromatic carbocycles. The Morgan fingerprint density at radius 2 is 1.51 bits per heavy atom. The van der Waals surface area contributed by atoms with Gasteiger partial charge in [-0.15, -0.1) is 0 Å². The van der Waals surface area contributed by atoms with Crippen molar-refractivity contribution >= 4 is 40.0 Å². The standard InChI is InChI=1S/C33H29F2N9O/c1-43-15-17-44(18-16-43)23-8-4-21(5-9-23)38-32-37-14-12-28(40-32)25-3-2-13-36-31(25)45-24-10-6-22(7-11-24)39-33-41-29-19-26(34)27(35)20-30(29)42-33/h2-14,19-20H,15-18H2,1H3,(H,37,38,40)(H2,39,41,42). The van der Waals surface area contributed by atoms with Crippen LogP contribution < -0.4 is 20.3 Å². The van der Waals surface area contributed by atoms with Gasteiger partial charge in [-0.1, -0.05) is 0 Å². The third-order valence-corrected chi connectivity index (χ3v) is 7.55. The van der Waals surface area contributed by atoms with E-state index >= 15 is 0 Å². The van der Waals surface area contributed by atoms with Gasteiger partial charge in [-0.3, -0.25) is 0 Å². The molecule has 0 spiro atoms. The Morgan fingerprint density at radius 3 is 2.31 bits per heavy atom. The van der Waals surface area contributed by atoms with Crippen LogP contribution in [0.3, 0.4) is 0 Å². The molecule has 1 aliphatic heterocycles. The first-order valence-corrected chi connectivity index (χ1v) is 14.5. The molecule has 0 saturated carbocycles. The van der Waals surface area contributed by atoms with Crippen molar-refractivity contribution in [1.82, 2.24) is 29.8 Å². The van der Waals surface area contributed by atoms with E-state index < -0.39 is 11.6 Å². The number of fused-ring (bicyclic) bond motifs is 1. The van der Waals surface area contributed by atoms with Crippen LogP contribution in [-0.2, 0) is 0 Å². The van der Waals surface area contributed by atoms with E-state index in [0.29, 0.717) is 51.5 Å². The van der Waals surface area contributed by atoms with Crippen molar-refractivity contribution < 1.29 is 13.5 Å². The molecule has 7 rings (SSSR count). The number of hydrogen-bond acceptors (Lipinski definition) is 9. The highest BCUT2D eigenvalue weighted by Crippen LogP contribution is 2.32. The van der Waals surface area contributed by atoms with Crippen LogP contribution >= 0.6 is 0 Å². The Balaban J connectivity index is 1.03. The number of nitrogens with one attached hydrogen (secondary N) is 3. The number of aromatic amines is 1. The van der Waals surface area contributed by atoms with Gasteiger partial charge in [0.25, 0.3) is 0 Å². The summed E-state index contributed by atoms with van der Waals surface area (Å²) in [5.41, 5.74) is 4.86. The second kappa shape index (κ2) is 12.2. The van der Waals surface area contributed by atoms with E-state index in [-0.39, 0.29) is 0 Å². The number of ether oxygens (including phenoxy) is 1. The second-order valence-corrected chi connectivity index (χ2v) is 10.7. The minimum atomic E-state index is -0.947. The van der Waals surface area contributed by atoms with Gasteiger partial charge in [0, 0.05) is 67.8 Å². The predicted octanol–water partition coefficient (Wildman–Crippen LogP) is 6.72. The van der Waals surface area contributed by atoms with Crippen LogP contribution in [0.2, 0.25) is 0 Å². The van der Waals surface area contributed by atoms with Crippen LogP contribution in [-0.4, -0.2) is 63.0 Å². The number of nitrogens with zero attached hydrogens (tertiary/aromatic N) is 6. The molecule has 0 bridgehead atoms. The number of halogens is 2. The van der Waals surface area contributed by atoms with Gasteiger partial charge in [0.15, 0.2) is 11.6 Å². The highest BCUT2D eigenvalue weighted by Gasteiger charge is 2.15. The number of likely N-dealkylation sites (N-methyl/N-ethyl adjacent to an activating group) is 1. The smallest absolute Gasteiger partial charge is 0.228 e. The number of piperazine rings is 1. The average molecular weight is 606 g/mol. The van der Waals surface area contributed by atoms with Crippen molar-refractivity contribution in [2.75, 3.05) is 48.8 Å². The van der Waals surface area contributed by atoms with Crippen molar-refractivity contribution in [3.8, 4) is 22.9 Å². The van der Waals surface area contributed by atoms with Crippen molar-refractivity contribution in [3.63, 3.8) is 0 Å². The van der Waals surface area contributed by atoms with E-state index in [2.05, 4.69) is 59.5 Å². The van der Waals surface area contributed by atoms with Crippen molar-refractivity contribution in [2.45, 2.75) is 0 Å². The highest BCUT2D eigenvalue weighted by molar-refractivity contribution is 5.78. The zero-order valence-electron chi connectivity index (χ0n) is 24.3. The van der Waals surface area contributed by atoms with E-state index in [0.717, 1.165) is 44.0 Å². The maximum absolute atomic E-state index is 13.6. The maximum Gasteiger partial charge on any atom is 0.228 e. The monoisotopic (exact) mass is 605 g/mol. The molecule has 226 valence electrons.